The van der Waals surface area contributed by atoms with E-state index in [1.54, 1.807) is 23.1 Å². The number of nitrogens with one attached hydrogen (secondary N) is 1. The monoisotopic (exact) mass is 327 g/mol. The lowest BCUT2D eigenvalue weighted by molar-refractivity contribution is -0.0180. The van der Waals surface area contributed by atoms with Crippen LogP contribution in [0, 0.1) is 0 Å². The third kappa shape index (κ3) is 4.48. The van der Waals surface area contributed by atoms with E-state index < -0.39 is 6.03 Å². The topological polar surface area (TPSA) is 74.7 Å². The van der Waals surface area contributed by atoms with Crippen LogP contribution in [0.1, 0.15) is 6.92 Å². The van der Waals surface area contributed by atoms with Crippen LogP contribution >= 0.6 is 23.1 Å². The third-order valence-corrected chi connectivity index (χ3v) is 4.71. The second-order valence-electron chi connectivity index (χ2n) is 4.15. The van der Waals surface area contributed by atoms with Crippen molar-refractivity contribution < 1.29 is 14.7 Å². The molecule has 6 nitrogen and oxygen atoms in total. The van der Waals surface area contributed by atoms with Gasteiger partial charge in [-0.2, -0.15) is 0 Å². The fourth-order valence-corrected chi connectivity index (χ4v) is 3.63. The predicted molar refractivity (Wildman–Crippen MR) is 84.5 cm³/mol. The molecular weight excluding hydrogens is 310 g/mol. The number of thioether (sulfide) groups is 1. The highest BCUT2D eigenvalue weighted by molar-refractivity contribution is 8.01. The number of rotatable bonds is 6. The van der Waals surface area contributed by atoms with Crippen molar-refractivity contribution in [2.45, 2.75) is 11.3 Å². The molecule has 0 saturated heterocycles. The van der Waals surface area contributed by atoms with Crippen molar-refractivity contribution in [1.29, 1.82) is 0 Å². The zero-order chi connectivity index (χ0) is 15.2. The molecule has 1 aromatic heterocycles. The van der Waals surface area contributed by atoms with E-state index in [1.165, 1.54) is 7.05 Å². The highest BCUT2D eigenvalue weighted by Crippen LogP contribution is 2.31. The fourth-order valence-electron chi connectivity index (χ4n) is 1.61. The van der Waals surface area contributed by atoms with Crippen molar-refractivity contribution in [3.63, 3.8) is 0 Å². The first-order valence-electron chi connectivity index (χ1n) is 6.46. The molecule has 0 aliphatic heterocycles. The lowest BCUT2D eigenvalue weighted by atomic mass is 10.3. The molecule has 0 radical (unpaired) electrons. The minimum Gasteiger partial charge on any atom is -0.494 e. The minimum atomic E-state index is -0.513. The summed E-state index contributed by atoms with van der Waals surface area (Å²) in [4.78, 5) is 15.6. The highest BCUT2D eigenvalue weighted by atomic mass is 32.2. The van der Waals surface area contributed by atoms with Gasteiger partial charge < -0.3 is 10.1 Å². The summed E-state index contributed by atoms with van der Waals surface area (Å²) in [6.07, 6.45) is 0. The number of fused-ring (bicyclic) bond motifs is 1. The van der Waals surface area contributed by atoms with Gasteiger partial charge in [-0.3, -0.25) is 5.21 Å². The number of amides is 2. The molecule has 0 aliphatic rings. The number of nitrogens with zero attached hydrogens (tertiary/aromatic N) is 2. The van der Waals surface area contributed by atoms with Gasteiger partial charge in [0, 0.05) is 19.3 Å². The van der Waals surface area contributed by atoms with Gasteiger partial charge >= 0.3 is 6.03 Å². The van der Waals surface area contributed by atoms with Crippen LogP contribution in [0.4, 0.5) is 4.79 Å². The molecule has 114 valence electrons. The number of hydroxylamine groups is 2. The Morgan fingerprint density at radius 3 is 3.10 bits per heavy atom. The summed E-state index contributed by atoms with van der Waals surface area (Å²) in [5.41, 5.74) is 0.949. The van der Waals surface area contributed by atoms with Crippen molar-refractivity contribution in [2.75, 3.05) is 26.0 Å². The van der Waals surface area contributed by atoms with E-state index in [0.29, 0.717) is 24.0 Å². The van der Waals surface area contributed by atoms with E-state index in [1.807, 2.05) is 25.1 Å². The molecule has 8 heteroatoms. The van der Waals surface area contributed by atoms with Crippen LogP contribution in [-0.2, 0) is 0 Å². The molecule has 0 aliphatic carbocycles. The van der Waals surface area contributed by atoms with Crippen LogP contribution in [0.25, 0.3) is 10.2 Å². The number of carbonyl (C=O) groups excluding carboxylic acids is 1. The first kappa shape index (κ1) is 15.9. The zero-order valence-corrected chi connectivity index (χ0v) is 13.5. The van der Waals surface area contributed by atoms with E-state index in [-0.39, 0.29) is 0 Å². The number of urea groups is 1. The summed E-state index contributed by atoms with van der Waals surface area (Å²) in [7, 11) is 1.28. The average Bonchev–Trinajstić information content (AvgIpc) is 2.85. The molecule has 0 atom stereocenters. The summed E-state index contributed by atoms with van der Waals surface area (Å²) < 4.78 is 7.50. The van der Waals surface area contributed by atoms with E-state index in [4.69, 9.17) is 9.94 Å². The fraction of sp³-hybridized carbons (Fsp3) is 0.385. The van der Waals surface area contributed by atoms with Crippen molar-refractivity contribution in [1.82, 2.24) is 15.4 Å². The lowest BCUT2D eigenvalue weighted by Crippen LogP contribution is -2.36. The predicted octanol–water partition coefficient (Wildman–Crippen LogP) is 2.82. The summed E-state index contributed by atoms with van der Waals surface area (Å²) in [6, 6.07) is 5.34. The molecule has 0 spiro atoms. The molecule has 21 heavy (non-hydrogen) atoms. The number of hydrogen-bond acceptors (Lipinski definition) is 6. The quantitative estimate of drug-likeness (QED) is 0.369. The summed E-state index contributed by atoms with van der Waals surface area (Å²) in [5, 5.41) is 12.0. The number of hydrogen-bond donors (Lipinski definition) is 2. The molecule has 2 aromatic rings. The number of ether oxygens (including phenoxy) is 1. The van der Waals surface area contributed by atoms with Gasteiger partial charge in [0.1, 0.15) is 5.75 Å². The number of carbonyl (C=O) groups is 1. The number of benzene rings is 1. The van der Waals surface area contributed by atoms with Crippen LogP contribution in [0.5, 0.6) is 5.75 Å². The normalized spacial score (nSPS) is 10.6. The maximum atomic E-state index is 11.1. The van der Waals surface area contributed by atoms with Gasteiger partial charge in [0.25, 0.3) is 0 Å². The molecule has 0 fully saturated rings. The van der Waals surface area contributed by atoms with Crippen LogP contribution < -0.4 is 10.1 Å². The van der Waals surface area contributed by atoms with Crippen LogP contribution in [0.15, 0.2) is 22.5 Å². The molecule has 2 amide bonds. The van der Waals surface area contributed by atoms with Crippen molar-refractivity contribution in [3.8, 4) is 5.75 Å². The number of thiazole rings is 1. The Hall–Kier alpha value is -1.51. The van der Waals surface area contributed by atoms with Crippen LogP contribution in [-0.4, -0.2) is 47.2 Å². The van der Waals surface area contributed by atoms with Crippen molar-refractivity contribution in [2.24, 2.45) is 0 Å². The second kappa shape index (κ2) is 7.48. The smallest absolute Gasteiger partial charge is 0.340 e. The Morgan fingerprint density at radius 2 is 2.38 bits per heavy atom. The highest BCUT2D eigenvalue weighted by Gasteiger charge is 2.07. The third-order valence-electron chi connectivity index (χ3n) is 2.55. The molecular formula is C13H17N3O3S2. The maximum Gasteiger partial charge on any atom is 0.340 e. The van der Waals surface area contributed by atoms with Gasteiger partial charge in [0.05, 0.1) is 16.8 Å². The Labute approximate surface area is 131 Å². The summed E-state index contributed by atoms with van der Waals surface area (Å²) in [6.45, 7) is 3.07. The second-order valence-corrected chi connectivity index (χ2v) is 6.52. The van der Waals surface area contributed by atoms with E-state index in [2.05, 4.69) is 10.3 Å². The molecule has 0 bridgehead atoms. The van der Waals surface area contributed by atoms with Crippen LogP contribution in [0.3, 0.4) is 0 Å². The lowest BCUT2D eigenvalue weighted by Gasteiger charge is -2.09. The largest absolute Gasteiger partial charge is 0.494 e. The van der Waals surface area contributed by atoms with Gasteiger partial charge in [0.15, 0.2) is 4.34 Å². The van der Waals surface area contributed by atoms with Gasteiger partial charge in [-0.25, -0.2) is 14.8 Å². The molecule has 1 aromatic carbocycles. The molecule has 2 N–H and O–H groups in total. The Kier molecular flexibility index (Phi) is 5.66. The van der Waals surface area contributed by atoms with Crippen LogP contribution in [0.2, 0.25) is 0 Å². The van der Waals surface area contributed by atoms with Gasteiger partial charge in [-0.1, -0.05) is 11.8 Å². The van der Waals surface area contributed by atoms with Gasteiger partial charge in [0.2, 0.25) is 0 Å². The van der Waals surface area contributed by atoms with E-state index in [0.717, 1.165) is 20.3 Å². The molecule has 0 unspecified atom stereocenters. The Bertz CT molecular complexity index is 616. The first-order valence-corrected chi connectivity index (χ1v) is 8.27. The first-order chi connectivity index (χ1) is 10.1. The summed E-state index contributed by atoms with van der Waals surface area (Å²) >= 11 is 3.17. The van der Waals surface area contributed by atoms with Gasteiger partial charge in [-0.05, 0) is 25.1 Å². The maximum absolute atomic E-state index is 11.1. The molecule has 0 saturated carbocycles. The molecule has 1 heterocycles. The van der Waals surface area contributed by atoms with Gasteiger partial charge in [-0.15, -0.1) is 11.3 Å². The van der Waals surface area contributed by atoms with Crippen molar-refractivity contribution in [3.05, 3.63) is 18.2 Å². The number of aromatic nitrogens is 1. The Morgan fingerprint density at radius 1 is 1.57 bits per heavy atom. The molecule has 2 rings (SSSR count). The Balaban J connectivity index is 1.89. The zero-order valence-electron chi connectivity index (χ0n) is 11.8. The van der Waals surface area contributed by atoms with E-state index >= 15 is 0 Å². The summed E-state index contributed by atoms with van der Waals surface area (Å²) in [5.74, 6) is 1.54. The SMILES string of the molecule is CCOc1ccc2nc(SCCNC(=O)N(C)O)sc2c1. The average molecular weight is 327 g/mol. The minimum absolute atomic E-state index is 0.467. The standard InChI is InChI=1S/C13H17N3O3S2/c1-3-19-9-4-5-10-11(8-9)21-13(15-10)20-7-6-14-12(17)16(2)18/h4-5,8,18H,3,6-7H2,1-2H3,(H,14,17). The van der Waals surface area contributed by atoms with Crippen molar-refractivity contribution >= 4 is 39.3 Å². The van der Waals surface area contributed by atoms with E-state index in [9.17, 15) is 4.79 Å².